The summed E-state index contributed by atoms with van der Waals surface area (Å²) in [6, 6.07) is 5.57. The summed E-state index contributed by atoms with van der Waals surface area (Å²) in [6.07, 6.45) is 1.42. The van der Waals surface area contributed by atoms with Gasteiger partial charge in [0.1, 0.15) is 18.4 Å². The number of hydrogen-bond acceptors (Lipinski definition) is 4. The fraction of sp³-hybridized carbons (Fsp3) is 0.0833. The van der Waals surface area contributed by atoms with Gasteiger partial charge in [-0.2, -0.15) is 10.4 Å². The summed E-state index contributed by atoms with van der Waals surface area (Å²) < 4.78 is 18.8. The largest absolute Gasteiger partial charge is 0.486 e. The number of H-pyrrole nitrogens is 1. The predicted octanol–water partition coefficient (Wildman–Crippen LogP) is 1.10. The number of aromatic nitrogens is 2. The van der Waals surface area contributed by atoms with E-state index in [0.717, 1.165) is 6.07 Å². The summed E-state index contributed by atoms with van der Waals surface area (Å²) >= 11 is 0. The number of halogens is 1. The van der Waals surface area contributed by atoms with Crippen LogP contribution in [-0.2, 0) is 6.61 Å². The van der Waals surface area contributed by atoms with Crippen LogP contribution in [0.4, 0.5) is 4.39 Å². The molecule has 0 aliphatic rings. The Morgan fingerprint density at radius 1 is 1.58 bits per heavy atom. The van der Waals surface area contributed by atoms with Crippen LogP contribution in [0.5, 0.6) is 5.75 Å². The highest BCUT2D eigenvalue weighted by atomic mass is 19.1. The number of benzene rings is 1. The van der Waals surface area contributed by atoms with Gasteiger partial charge in [-0.1, -0.05) is 0 Å². The summed E-state index contributed by atoms with van der Waals surface area (Å²) in [5, 5.41) is 14.9. The zero-order valence-electron chi connectivity index (χ0n) is 9.68. The molecule has 0 radical (unpaired) electrons. The Morgan fingerprint density at radius 3 is 3.00 bits per heavy atom. The topological polar surface area (TPSA) is 105 Å². The Hall–Kier alpha value is -2.88. The van der Waals surface area contributed by atoms with Crippen LogP contribution >= 0.6 is 0 Å². The van der Waals surface area contributed by atoms with Gasteiger partial charge in [0, 0.05) is 11.1 Å². The number of aromatic amines is 1. The first-order valence-electron chi connectivity index (χ1n) is 5.26. The number of primary amides is 1. The SMILES string of the molecule is N#Cc1[nH]ncc1COc1ccc(C(N)=O)cc1F. The van der Waals surface area contributed by atoms with Gasteiger partial charge in [0.15, 0.2) is 11.6 Å². The predicted molar refractivity (Wildman–Crippen MR) is 62.6 cm³/mol. The van der Waals surface area contributed by atoms with Gasteiger partial charge < -0.3 is 10.5 Å². The van der Waals surface area contributed by atoms with Crippen molar-refractivity contribution in [2.75, 3.05) is 0 Å². The molecule has 6 nitrogen and oxygen atoms in total. The highest BCUT2D eigenvalue weighted by Gasteiger charge is 2.10. The molecule has 1 aromatic heterocycles. The molecule has 1 amide bonds. The molecule has 0 bridgehead atoms. The lowest BCUT2D eigenvalue weighted by molar-refractivity contribution is 0.0999. The number of hydrogen-bond donors (Lipinski definition) is 2. The monoisotopic (exact) mass is 260 g/mol. The third-order valence-electron chi connectivity index (χ3n) is 2.43. The van der Waals surface area contributed by atoms with Crippen molar-refractivity contribution in [1.82, 2.24) is 10.2 Å². The summed E-state index contributed by atoms with van der Waals surface area (Å²) in [5.74, 6) is -1.44. The van der Waals surface area contributed by atoms with Crippen LogP contribution in [0.3, 0.4) is 0 Å². The van der Waals surface area contributed by atoms with E-state index in [4.69, 9.17) is 15.7 Å². The van der Waals surface area contributed by atoms with Crippen LogP contribution in [0.2, 0.25) is 0 Å². The fourth-order valence-corrected chi connectivity index (χ4v) is 1.44. The average molecular weight is 260 g/mol. The lowest BCUT2D eigenvalue weighted by atomic mass is 10.2. The van der Waals surface area contributed by atoms with E-state index in [0.29, 0.717) is 5.56 Å². The lowest BCUT2D eigenvalue weighted by Gasteiger charge is -2.06. The Morgan fingerprint density at radius 2 is 2.37 bits per heavy atom. The second-order valence-electron chi connectivity index (χ2n) is 3.68. The Balaban J connectivity index is 2.12. The van der Waals surface area contributed by atoms with Gasteiger partial charge in [0.2, 0.25) is 5.91 Å². The molecule has 0 fully saturated rings. The standard InChI is InChI=1S/C12H9FN4O2/c13-9-3-7(12(15)18)1-2-11(9)19-6-8-5-16-17-10(8)4-14/h1-3,5H,6H2,(H2,15,18)(H,16,17). The molecule has 0 aliphatic heterocycles. The van der Waals surface area contributed by atoms with Gasteiger partial charge in [-0.15, -0.1) is 0 Å². The number of carbonyl (C=O) groups excluding carboxylic acids is 1. The van der Waals surface area contributed by atoms with Gasteiger partial charge >= 0.3 is 0 Å². The number of nitrogens with one attached hydrogen (secondary N) is 1. The van der Waals surface area contributed by atoms with Gasteiger partial charge in [-0.25, -0.2) is 4.39 Å². The molecule has 3 N–H and O–H groups in total. The number of nitrogens with two attached hydrogens (primary N) is 1. The Kier molecular flexibility index (Phi) is 3.43. The minimum absolute atomic E-state index is 0.00771. The van der Waals surface area contributed by atoms with E-state index in [-0.39, 0.29) is 23.6 Å². The molecule has 0 saturated heterocycles. The van der Waals surface area contributed by atoms with E-state index in [1.54, 1.807) is 0 Å². The van der Waals surface area contributed by atoms with Crippen molar-refractivity contribution in [3.05, 3.63) is 47.0 Å². The quantitative estimate of drug-likeness (QED) is 0.858. The number of ether oxygens (including phenoxy) is 1. The highest BCUT2D eigenvalue weighted by molar-refractivity contribution is 5.92. The fourth-order valence-electron chi connectivity index (χ4n) is 1.44. The highest BCUT2D eigenvalue weighted by Crippen LogP contribution is 2.19. The van der Waals surface area contributed by atoms with Gasteiger partial charge in [-0.05, 0) is 18.2 Å². The normalized spacial score (nSPS) is 9.89. The number of nitriles is 1. The molecule has 0 unspecified atom stereocenters. The molecule has 0 atom stereocenters. The van der Waals surface area contributed by atoms with E-state index in [1.807, 2.05) is 6.07 Å². The van der Waals surface area contributed by atoms with Crippen LogP contribution in [0.15, 0.2) is 24.4 Å². The minimum atomic E-state index is -0.716. The molecule has 0 aliphatic carbocycles. The van der Waals surface area contributed by atoms with E-state index < -0.39 is 11.7 Å². The molecule has 1 aromatic carbocycles. The van der Waals surface area contributed by atoms with Gasteiger partial charge in [-0.3, -0.25) is 9.89 Å². The lowest BCUT2D eigenvalue weighted by Crippen LogP contribution is -2.11. The molecular formula is C12H9FN4O2. The average Bonchev–Trinajstić information content (AvgIpc) is 2.84. The van der Waals surface area contributed by atoms with E-state index in [9.17, 15) is 9.18 Å². The summed E-state index contributed by atoms with van der Waals surface area (Å²) in [6.45, 7) is -0.00771. The van der Waals surface area contributed by atoms with Crippen LogP contribution in [0.1, 0.15) is 21.6 Å². The zero-order valence-corrected chi connectivity index (χ0v) is 9.68. The summed E-state index contributed by atoms with van der Waals surface area (Å²) in [5.41, 5.74) is 5.86. The van der Waals surface area contributed by atoms with Crippen LogP contribution in [0, 0.1) is 17.1 Å². The molecule has 0 spiro atoms. The van der Waals surface area contributed by atoms with Crippen molar-refractivity contribution >= 4 is 5.91 Å². The second kappa shape index (κ2) is 5.18. The van der Waals surface area contributed by atoms with Crippen molar-refractivity contribution in [2.45, 2.75) is 6.61 Å². The van der Waals surface area contributed by atoms with Crippen LogP contribution in [-0.4, -0.2) is 16.1 Å². The van der Waals surface area contributed by atoms with E-state index in [1.165, 1.54) is 18.3 Å². The number of rotatable bonds is 4. The number of amides is 1. The number of nitrogens with zero attached hydrogens (tertiary/aromatic N) is 2. The molecule has 2 aromatic rings. The van der Waals surface area contributed by atoms with E-state index >= 15 is 0 Å². The van der Waals surface area contributed by atoms with Gasteiger partial charge in [0.05, 0.1) is 6.20 Å². The first kappa shape index (κ1) is 12.6. The van der Waals surface area contributed by atoms with Crippen LogP contribution < -0.4 is 10.5 Å². The minimum Gasteiger partial charge on any atom is -0.486 e. The maximum atomic E-state index is 13.6. The first-order valence-corrected chi connectivity index (χ1v) is 5.26. The van der Waals surface area contributed by atoms with Gasteiger partial charge in [0.25, 0.3) is 0 Å². The van der Waals surface area contributed by atoms with Crippen molar-refractivity contribution in [1.29, 1.82) is 5.26 Å². The zero-order chi connectivity index (χ0) is 13.8. The van der Waals surface area contributed by atoms with Crippen molar-refractivity contribution in [2.24, 2.45) is 5.73 Å². The molecule has 1 heterocycles. The Labute approximate surface area is 107 Å². The smallest absolute Gasteiger partial charge is 0.248 e. The maximum Gasteiger partial charge on any atom is 0.248 e. The third kappa shape index (κ3) is 2.69. The number of carbonyl (C=O) groups is 1. The summed E-state index contributed by atoms with van der Waals surface area (Å²) in [7, 11) is 0. The van der Waals surface area contributed by atoms with Crippen molar-refractivity contribution in [3.8, 4) is 11.8 Å². The second-order valence-corrected chi connectivity index (χ2v) is 3.68. The first-order chi connectivity index (χ1) is 9.11. The maximum absolute atomic E-state index is 13.6. The molecule has 0 saturated carbocycles. The molecule has 96 valence electrons. The van der Waals surface area contributed by atoms with Crippen LogP contribution in [0.25, 0.3) is 0 Å². The van der Waals surface area contributed by atoms with Crippen molar-refractivity contribution in [3.63, 3.8) is 0 Å². The molecule has 19 heavy (non-hydrogen) atoms. The Bertz CT molecular complexity index is 660. The molecule has 7 heteroatoms. The third-order valence-corrected chi connectivity index (χ3v) is 2.43. The van der Waals surface area contributed by atoms with E-state index in [2.05, 4.69) is 10.2 Å². The summed E-state index contributed by atoms with van der Waals surface area (Å²) in [4.78, 5) is 10.9. The van der Waals surface area contributed by atoms with Crippen molar-refractivity contribution < 1.29 is 13.9 Å². The molecule has 2 rings (SSSR count). The molecular weight excluding hydrogens is 251 g/mol.